The van der Waals surface area contributed by atoms with Gasteiger partial charge in [-0.05, 0) is 31.2 Å². The van der Waals surface area contributed by atoms with Crippen LogP contribution >= 0.6 is 0 Å². The van der Waals surface area contributed by atoms with Crippen molar-refractivity contribution in [3.05, 3.63) is 84.5 Å². The highest BCUT2D eigenvalue weighted by Crippen LogP contribution is 2.56. The van der Waals surface area contributed by atoms with Gasteiger partial charge in [-0.2, -0.15) is 0 Å². The molecule has 0 radical (unpaired) electrons. The quantitative estimate of drug-likeness (QED) is 0.429. The predicted octanol–water partition coefficient (Wildman–Crippen LogP) is 5.39. The number of aromatic hydroxyl groups is 1. The van der Waals surface area contributed by atoms with Gasteiger partial charge in [0.1, 0.15) is 11.5 Å². The molecule has 0 unspecified atom stereocenters. The first-order valence-corrected chi connectivity index (χ1v) is 9.70. The fraction of sp³-hybridized carbons (Fsp3) is 0.0400. The monoisotopic (exact) mass is 430 g/mol. The summed E-state index contributed by atoms with van der Waals surface area (Å²) in [7, 11) is 0. The van der Waals surface area contributed by atoms with Gasteiger partial charge in [0.2, 0.25) is 17.2 Å². The van der Waals surface area contributed by atoms with Gasteiger partial charge in [0.15, 0.2) is 11.5 Å². The molecule has 0 amide bonds. The molecule has 4 rings (SSSR count). The molecule has 0 aliphatic carbocycles. The number of hydrogen-bond acceptors (Lipinski definition) is 7. The lowest BCUT2D eigenvalue weighted by atomic mass is 10.1. The minimum atomic E-state index is -0.855. The molecule has 1 aliphatic rings. The summed E-state index contributed by atoms with van der Waals surface area (Å²) in [6.07, 6.45) is 5.13. The van der Waals surface area contributed by atoms with Crippen molar-refractivity contribution in [3.8, 4) is 40.2 Å². The van der Waals surface area contributed by atoms with E-state index in [0.717, 1.165) is 12.2 Å². The van der Waals surface area contributed by atoms with E-state index in [2.05, 4.69) is 0 Å². The van der Waals surface area contributed by atoms with Crippen LogP contribution in [0.25, 0.3) is 6.08 Å². The Bertz CT molecular complexity index is 1210. The highest BCUT2D eigenvalue weighted by atomic mass is 16.6. The molecule has 1 N–H and O–H groups in total. The summed E-state index contributed by atoms with van der Waals surface area (Å²) < 4.78 is 22.6. The van der Waals surface area contributed by atoms with Crippen molar-refractivity contribution in [2.75, 3.05) is 0 Å². The van der Waals surface area contributed by atoms with Crippen molar-refractivity contribution >= 4 is 18.0 Å². The van der Waals surface area contributed by atoms with Gasteiger partial charge in [-0.1, -0.05) is 48.6 Å². The second kappa shape index (κ2) is 9.09. The van der Waals surface area contributed by atoms with Gasteiger partial charge < -0.3 is 24.1 Å². The van der Waals surface area contributed by atoms with Crippen molar-refractivity contribution in [2.45, 2.75) is 6.92 Å². The summed E-state index contributed by atoms with van der Waals surface area (Å²) in [5, 5.41) is 11.0. The molecule has 0 saturated heterocycles. The summed E-state index contributed by atoms with van der Waals surface area (Å²) in [6.45, 7) is 1.75. The summed E-state index contributed by atoms with van der Waals surface area (Å²) in [6, 6.07) is 17.5. The second-order valence-corrected chi connectivity index (χ2v) is 6.58. The number of phenols is 1. The summed E-state index contributed by atoms with van der Waals surface area (Å²) >= 11 is 0. The summed E-state index contributed by atoms with van der Waals surface area (Å²) in [5.74, 6) is -1.93. The number of rotatable bonds is 5. The molecule has 3 aromatic rings. The van der Waals surface area contributed by atoms with Crippen LogP contribution in [0.4, 0.5) is 0 Å². The first-order chi connectivity index (χ1) is 15.6. The van der Waals surface area contributed by atoms with E-state index in [-0.39, 0.29) is 28.6 Å². The second-order valence-electron chi connectivity index (χ2n) is 6.58. The Morgan fingerprint density at radius 1 is 0.750 bits per heavy atom. The molecule has 1 heterocycles. The zero-order valence-corrected chi connectivity index (χ0v) is 17.0. The molecular formula is C25H18O7. The molecule has 0 bridgehead atoms. The van der Waals surface area contributed by atoms with Gasteiger partial charge in [0.25, 0.3) is 0 Å². The summed E-state index contributed by atoms with van der Waals surface area (Å²) in [4.78, 5) is 24.3. The number of phenolic OH excluding ortho intramolecular Hbond substituents is 1. The Hall–Kier alpha value is -4.52. The SMILES string of the molecule is C/C=C/c1c2c(c(O)c(Oc3ccccc3)c1Oc1ccccc1)OC(=O)/C=C\C(=O)O2. The maximum absolute atomic E-state index is 12.2. The topological polar surface area (TPSA) is 91.3 Å². The first kappa shape index (κ1) is 20.7. The molecule has 1 aliphatic heterocycles. The molecule has 7 nitrogen and oxygen atoms in total. The number of fused-ring (bicyclic) bond motifs is 1. The van der Waals surface area contributed by atoms with Gasteiger partial charge >= 0.3 is 11.9 Å². The fourth-order valence-corrected chi connectivity index (χ4v) is 2.99. The van der Waals surface area contributed by atoms with Crippen molar-refractivity contribution in [1.82, 2.24) is 0 Å². The maximum Gasteiger partial charge on any atom is 0.336 e. The Labute approximate surface area is 183 Å². The van der Waals surface area contributed by atoms with Crippen LogP contribution in [0.3, 0.4) is 0 Å². The lowest BCUT2D eigenvalue weighted by Gasteiger charge is -2.22. The van der Waals surface area contributed by atoms with Crippen LogP contribution in [0, 0.1) is 0 Å². The van der Waals surface area contributed by atoms with E-state index in [4.69, 9.17) is 18.9 Å². The van der Waals surface area contributed by atoms with E-state index in [1.54, 1.807) is 67.6 Å². The Morgan fingerprint density at radius 2 is 1.25 bits per heavy atom. The largest absolute Gasteiger partial charge is 0.501 e. The molecular weight excluding hydrogens is 412 g/mol. The molecule has 3 aromatic carbocycles. The molecule has 0 fully saturated rings. The average Bonchev–Trinajstić information content (AvgIpc) is 2.80. The molecule has 160 valence electrons. The lowest BCUT2D eigenvalue weighted by molar-refractivity contribution is -0.133. The van der Waals surface area contributed by atoms with E-state index in [1.165, 1.54) is 0 Å². The zero-order chi connectivity index (χ0) is 22.5. The number of hydrogen-bond donors (Lipinski definition) is 1. The highest BCUT2D eigenvalue weighted by Gasteiger charge is 2.31. The van der Waals surface area contributed by atoms with Crippen LogP contribution < -0.4 is 18.9 Å². The van der Waals surface area contributed by atoms with E-state index in [0.29, 0.717) is 11.5 Å². The molecule has 0 saturated carbocycles. The fourth-order valence-electron chi connectivity index (χ4n) is 2.99. The average molecular weight is 430 g/mol. The minimum Gasteiger partial charge on any atom is -0.501 e. The molecule has 0 aromatic heterocycles. The molecule has 32 heavy (non-hydrogen) atoms. The first-order valence-electron chi connectivity index (χ1n) is 9.70. The third kappa shape index (κ3) is 4.32. The number of carbonyl (C=O) groups is 2. The van der Waals surface area contributed by atoms with Gasteiger partial charge in [-0.3, -0.25) is 0 Å². The van der Waals surface area contributed by atoms with Crippen LogP contribution in [-0.2, 0) is 9.59 Å². The Morgan fingerprint density at radius 3 is 1.78 bits per heavy atom. The maximum atomic E-state index is 12.2. The van der Waals surface area contributed by atoms with Crippen molar-refractivity contribution in [2.24, 2.45) is 0 Å². The summed E-state index contributed by atoms with van der Waals surface area (Å²) in [5.41, 5.74) is 0.242. The predicted molar refractivity (Wildman–Crippen MR) is 116 cm³/mol. The van der Waals surface area contributed by atoms with E-state index in [9.17, 15) is 14.7 Å². The van der Waals surface area contributed by atoms with Crippen LogP contribution in [-0.4, -0.2) is 17.0 Å². The third-order valence-corrected chi connectivity index (χ3v) is 4.35. The van der Waals surface area contributed by atoms with Crippen LogP contribution in [0.15, 0.2) is 78.9 Å². The third-order valence-electron chi connectivity index (χ3n) is 4.35. The van der Waals surface area contributed by atoms with Gasteiger partial charge in [-0.15, -0.1) is 0 Å². The van der Waals surface area contributed by atoms with Crippen molar-refractivity contribution in [1.29, 1.82) is 0 Å². The van der Waals surface area contributed by atoms with Gasteiger partial charge in [0, 0.05) is 12.2 Å². The number of benzene rings is 3. The van der Waals surface area contributed by atoms with Gasteiger partial charge in [0.05, 0.1) is 5.56 Å². The minimum absolute atomic E-state index is 0.0720. The Balaban J connectivity index is 1.98. The number of carbonyl (C=O) groups excluding carboxylic acids is 2. The van der Waals surface area contributed by atoms with E-state index in [1.807, 2.05) is 12.1 Å². The highest BCUT2D eigenvalue weighted by molar-refractivity contribution is 5.97. The van der Waals surface area contributed by atoms with Crippen molar-refractivity contribution < 1.29 is 33.6 Å². The zero-order valence-electron chi connectivity index (χ0n) is 17.0. The van der Waals surface area contributed by atoms with Crippen LogP contribution in [0.5, 0.6) is 40.2 Å². The number of allylic oxidation sites excluding steroid dienone is 1. The smallest absolute Gasteiger partial charge is 0.336 e. The molecule has 0 spiro atoms. The Kier molecular flexibility index (Phi) is 5.89. The van der Waals surface area contributed by atoms with Crippen molar-refractivity contribution in [3.63, 3.8) is 0 Å². The standard InChI is InChI=1S/C25H18O7/c1-2-9-18-22(29-16-10-5-3-6-11-16)24(30-17-12-7-4-8-13-17)21(28)25-23(18)31-19(26)14-15-20(27)32-25/h2-15,28H,1H3/b9-2+,15-14-. The number of para-hydroxylation sites is 2. The van der Waals surface area contributed by atoms with Gasteiger partial charge in [-0.25, -0.2) is 9.59 Å². The van der Waals surface area contributed by atoms with Crippen LogP contribution in [0.1, 0.15) is 12.5 Å². The number of esters is 2. The molecule has 7 heteroatoms. The molecule has 0 atom stereocenters. The normalized spacial score (nSPS) is 14.0. The number of ether oxygens (including phenoxy) is 4. The van der Waals surface area contributed by atoms with Crippen LogP contribution in [0.2, 0.25) is 0 Å². The lowest BCUT2D eigenvalue weighted by Crippen LogP contribution is -2.15. The van der Waals surface area contributed by atoms with E-state index >= 15 is 0 Å². The van der Waals surface area contributed by atoms with E-state index < -0.39 is 17.7 Å².